The zero-order chi connectivity index (χ0) is 32.0. The van der Waals surface area contributed by atoms with Gasteiger partial charge in [0.05, 0.1) is 55.9 Å². The van der Waals surface area contributed by atoms with E-state index >= 15 is 0 Å². The van der Waals surface area contributed by atoms with E-state index in [0.717, 1.165) is 0 Å². The fraction of sp³-hybridized carbons (Fsp3) is 1.00. The lowest BCUT2D eigenvalue weighted by Gasteiger charge is -2.51. The molecule has 44 heavy (non-hydrogen) atoms. The maximum absolute atomic E-state index is 10.8. The molecule has 3 aliphatic heterocycles. The van der Waals surface area contributed by atoms with Crippen molar-refractivity contribution >= 4 is 0 Å². The molecule has 0 spiro atoms. The molecule has 2 aliphatic carbocycles. The molecule has 3 saturated heterocycles. The Morgan fingerprint density at radius 3 is 1.77 bits per heavy atom. The molecule has 17 nitrogen and oxygen atoms in total. The van der Waals surface area contributed by atoms with Gasteiger partial charge in [-0.2, -0.15) is 0 Å². The Labute approximate surface area is 252 Å². The first-order chi connectivity index (χ1) is 20.8. The Bertz CT molecular complexity index is 917. The van der Waals surface area contributed by atoms with Crippen molar-refractivity contribution in [1.29, 1.82) is 0 Å². The molecule has 0 amide bonds. The normalized spacial score (nSPS) is 55.4. The van der Waals surface area contributed by atoms with Gasteiger partial charge in [-0.15, -0.1) is 0 Å². The van der Waals surface area contributed by atoms with Gasteiger partial charge in [0, 0.05) is 5.92 Å². The second-order valence-corrected chi connectivity index (χ2v) is 12.8. The van der Waals surface area contributed by atoms with Crippen LogP contribution < -0.4 is 0 Å². The van der Waals surface area contributed by atoms with Crippen molar-refractivity contribution in [3.8, 4) is 0 Å². The van der Waals surface area contributed by atoms with Crippen molar-refractivity contribution in [3.63, 3.8) is 0 Å². The lowest BCUT2D eigenvalue weighted by molar-refractivity contribution is -0.347. The number of hydrogen-bond donors (Lipinski definition) is 12. The Morgan fingerprint density at radius 1 is 0.545 bits per heavy atom. The summed E-state index contributed by atoms with van der Waals surface area (Å²) in [5.41, 5.74) is 0. The molecule has 0 radical (unpaired) electrons. The topological polar surface area (TPSA) is 289 Å². The number of fused-ring (bicyclic) bond motifs is 1. The molecule has 2 saturated carbocycles. The van der Waals surface area contributed by atoms with E-state index < -0.39 is 135 Å². The highest BCUT2D eigenvalue weighted by atomic mass is 16.7. The molecular formula is C27H46O17. The molecule has 0 aromatic rings. The van der Waals surface area contributed by atoms with Gasteiger partial charge in [-0.25, -0.2) is 0 Å². The molecule has 0 aromatic carbocycles. The van der Waals surface area contributed by atoms with Gasteiger partial charge in [0.1, 0.15) is 54.9 Å². The van der Waals surface area contributed by atoms with Crippen molar-refractivity contribution < 1.29 is 85.0 Å². The average Bonchev–Trinajstić information content (AvgIpc) is 2.98. The fourth-order valence-corrected chi connectivity index (χ4v) is 7.20. The smallest absolute Gasteiger partial charge is 0.187 e. The van der Waals surface area contributed by atoms with Gasteiger partial charge in [-0.05, 0) is 38.0 Å². The van der Waals surface area contributed by atoms with Crippen LogP contribution in [0.15, 0.2) is 0 Å². The van der Waals surface area contributed by atoms with Crippen molar-refractivity contribution in [1.82, 2.24) is 0 Å². The van der Waals surface area contributed by atoms with Crippen molar-refractivity contribution in [2.45, 2.75) is 142 Å². The van der Waals surface area contributed by atoms with E-state index in [1.54, 1.807) is 0 Å². The summed E-state index contributed by atoms with van der Waals surface area (Å²) in [4.78, 5) is 0. The lowest BCUT2D eigenvalue weighted by Crippen LogP contribution is -2.63. The Hall–Kier alpha value is -0.680. The molecular weight excluding hydrogens is 596 g/mol. The molecule has 5 rings (SSSR count). The van der Waals surface area contributed by atoms with E-state index in [1.165, 1.54) is 0 Å². The van der Waals surface area contributed by atoms with Gasteiger partial charge in [-0.3, -0.25) is 0 Å². The fourth-order valence-electron chi connectivity index (χ4n) is 7.20. The van der Waals surface area contributed by atoms with Crippen LogP contribution in [0.25, 0.3) is 0 Å². The number of aliphatic hydroxyl groups excluding tert-OH is 12. The molecule has 5 fully saturated rings. The highest BCUT2D eigenvalue weighted by Crippen LogP contribution is 2.43. The first-order valence-corrected chi connectivity index (χ1v) is 15.1. The minimum atomic E-state index is -1.79. The largest absolute Gasteiger partial charge is 0.394 e. The predicted molar refractivity (Wildman–Crippen MR) is 140 cm³/mol. The van der Waals surface area contributed by atoms with Crippen LogP contribution in [0.2, 0.25) is 0 Å². The number of hydrogen-bond acceptors (Lipinski definition) is 17. The second kappa shape index (κ2) is 14.2. The van der Waals surface area contributed by atoms with Gasteiger partial charge in [-0.1, -0.05) is 0 Å². The summed E-state index contributed by atoms with van der Waals surface area (Å²) in [5.74, 6) is -1.03. The van der Waals surface area contributed by atoms with Crippen LogP contribution in [-0.2, 0) is 23.7 Å². The van der Waals surface area contributed by atoms with E-state index in [1.807, 2.05) is 0 Å². The van der Waals surface area contributed by atoms with Crippen LogP contribution >= 0.6 is 0 Å². The monoisotopic (exact) mass is 642 g/mol. The summed E-state index contributed by atoms with van der Waals surface area (Å²) in [6.07, 6.45) is -23.5. The van der Waals surface area contributed by atoms with Crippen LogP contribution in [0.1, 0.15) is 32.1 Å². The van der Waals surface area contributed by atoms with Gasteiger partial charge in [0.15, 0.2) is 12.6 Å². The Morgan fingerprint density at radius 2 is 1.14 bits per heavy atom. The molecule has 256 valence electrons. The maximum atomic E-state index is 10.8. The van der Waals surface area contributed by atoms with Crippen LogP contribution in [0.5, 0.6) is 0 Å². The van der Waals surface area contributed by atoms with Crippen molar-refractivity contribution in [2.75, 3.05) is 13.2 Å². The first kappa shape index (κ1) is 34.6. The van der Waals surface area contributed by atoms with E-state index in [4.69, 9.17) is 23.7 Å². The highest BCUT2D eigenvalue weighted by Gasteiger charge is 2.53. The van der Waals surface area contributed by atoms with Crippen LogP contribution in [-0.4, -0.2) is 185 Å². The standard InChI is InChI=1S/C27H46O17/c28-6-16-19(34)21(36)23(38)26(43-16)40-7-17-20(35)22(37)24(39)27(44-17)42-15-5-10-11(30)3-9(29)4-14(10)41-25(15)8-1-12(31)18(33)13(32)2-8/h8-39H,1-7H2/t8?,9?,10?,11?,12?,13?,14?,15?,16-,17-,18?,19-,20-,21+,22+,23-,24-,25?,26+,27+/m1/s1. The molecule has 8 unspecified atom stereocenters. The van der Waals surface area contributed by atoms with E-state index in [9.17, 15) is 61.3 Å². The molecule has 18 atom stereocenters. The van der Waals surface area contributed by atoms with E-state index in [-0.39, 0.29) is 32.1 Å². The van der Waals surface area contributed by atoms with E-state index in [2.05, 4.69) is 0 Å². The Balaban J connectivity index is 1.30. The maximum Gasteiger partial charge on any atom is 0.187 e. The second-order valence-electron chi connectivity index (χ2n) is 12.8. The number of aliphatic hydroxyl groups is 12. The predicted octanol–water partition coefficient (Wildman–Crippen LogP) is -6.22. The average molecular weight is 643 g/mol. The number of rotatable bonds is 7. The lowest BCUT2D eigenvalue weighted by atomic mass is 9.72. The summed E-state index contributed by atoms with van der Waals surface area (Å²) in [6, 6.07) is 0. The minimum Gasteiger partial charge on any atom is -0.394 e. The summed E-state index contributed by atoms with van der Waals surface area (Å²) in [5, 5.41) is 123. The molecule has 3 heterocycles. The SMILES string of the molecule is OC[C@H]1O[C@H](OC[C@H]2O[C@H](OC3CC4C(O)CC(O)CC4OC3C3CC(O)C(O)C(O)C3)[C@H](O)[C@@H](O)[C@@H]2O)[C@H](O)[C@@H](O)[C@@H]1O. The summed E-state index contributed by atoms with van der Waals surface area (Å²) >= 11 is 0. The van der Waals surface area contributed by atoms with Gasteiger partial charge in [0.25, 0.3) is 0 Å². The molecule has 0 bridgehead atoms. The van der Waals surface area contributed by atoms with Crippen LogP contribution in [0.4, 0.5) is 0 Å². The van der Waals surface area contributed by atoms with Crippen LogP contribution in [0.3, 0.4) is 0 Å². The van der Waals surface area contributed by atoms with Crippen molar-refractivity contribution in [3.05, 3.63) is 0 Å². The summed E-state index contributed by atoms with van der Waals surface area (Å²) in [6.45, 7) is -1.25. The van der Waals surface area contributed by atoms with E-state index in [0.29, 0.717) is 0 Å². The van der Waals surface area contributed by atoms with Crippen LogP contribution in [0, 0.1) is 11.8 Å². The third-order valence-corrected chi connectivity index (χ3v) is 9.78. The molecule has 5 aliphatic rings. The third kappa shape index (κ3) is 6.95. The zero-order valence-electron chi connectivity index (χ0n) is 23.9. The molecule has 0 aromatic heterocycles. The number of ether oxygens (including phenoxy) is 5. The molecule has 12 N–H and O–H groups in total. The highest BCUT2D eigenvalue weighted by molar-refractivity contribution is 5.00. The minimum absolute atomic E-state index is 0.0379. The van der Waals surface area contributed by atoms with Gasteiger partial charge in [0.2, 0.25) is 0 Å². The zero-order valence-corrected chi connectivity index (χ0v) is 23.9. The summed E-state index contributed by atoms with van der Waals surface area (Å²) in [7, 11) is 0. The third-order valence-electron chi connectivity index (χ3n) is 9.78. The Kier molecular flexibility index (Phi) is 11.2. The first-order valence-electron chi connectivity index (χ1n) is 15.1. The summed E-state index contributed by atoms with van der Waals surface area (Å²) < 4.78 is 29.0. The van der Waals surface area contributed by atoms with Gasteiger partial charge < -0.3 is 85.0 Å². The van der Waals surface area contributed by atoms with Gasteiger partial charge >= 0.3 is 0 Å². The quantitative estimate of drug-likeness (QED) is 0.123. The van der Waals surface area contributed by atoms with Crippen molar-refractivity contribution in [2.24, 2.45) is 11.8 Å². The molecule has 17 heteroatoms.